The molecule has 0 saturated carbocycles. The molecule has 0 unspecified atom stereocenters. The van der Waals surface area contributed by atoms with E-state index in [1.807, 2.05) is 21.6 Å². The van der Waals surface area contributed by atoms with E-state index in [1.54, 1.807) is 4.57 Å². The molecule has 2 aromatic heterocycles. The number of carbonyl (C=O) groups excluding carboxylic acids is 1. The number of nitrogens with one attached hydrogen (secondary N) is 1. The highest BCUT2D eigenvalue weighted by molar-refractivity contribution is 5.94. The second kappa shape index (κ2) is 9.99. The molecule has 34 heavy (non-hydrogen) atoms. The molecule has 1 aromatic carbocycles. The number of aromatic nitrogens is 4. The number of amides is 1. The van der Waals surface area contributed by atoms with Crippen molar-refractivity contribution in [2.24, 2.45) is 5.92 Å². The van der Waals surface area contributed by atoms with Gasteiger partial charge in [-0.2, -0.15) is 0 Å². The first-order valence-corrected chi connectivity index (χ1v) is 12.4. The van der Waals surface area contributed by atoms with E-state index in [-0.39, 0.29) is 11.8 Å². The van der Waals surface area contributed by atoms with Gasteiger partial charge in [-0.25, -0.2) is 9.78 Å². The van der Waals surface area contributed by atoms with Crippen molar-refractivity contribution in [3.05, 3.63) is 56.0 Å². The second-order valence-electron chi connectivity index (χ2n) is 9.75. The van der Waals surface area contributed by atoms with Crippen LogP contribution in [0.15, 0.2) is 27.8 Å². The predicted molar refractivity (Wildman–Crippen MR) is 135 cm³/mol. The standard InChI is InChI=1S/C26H35N5O3/c1-5-6-13-30-24-23(25(33)28-26(30)34)31(16-17(2)3)21(27-24)11-12-22(32)29-14-7-8-19-15-18(4)9-10-20(19)29/h9-10,15,17H,5-8,11-14,16H2,1-4H3,(H,28,33,34). The van der Waals surface area contributed by atoms with Gasteiger partial charge < -0.3 is 9.47 Å². The Morgan fingerprint density at radius 3 is 2.74 bits per heavy atom. The van der Waals surface area contributed by atoms with E-state index in [0.717, 1.165) is 31.4 Å². The summed E-state index contributed by atoms with van der Waals surface area (Å²) in [7, 11) is 0. The normalized spacial score (nSPS) is 13.6. The van der Waals surface area contributed by atoms with Gasteiger partial charge in [-0.3, -0.25) is 19.1 Å². The number of H-pyrrole nitrogens is 1. The molecule has 0 fully saturated rings. The SMILES string of the molecule is CCCCn1c(=O)[nH]c(=O)c2c1nc(CCC(=O)N1CCCc3cc(C)ccc31)n2CC(C)C. The fourth-order valence-electron chi connectivity index (χ4n) is 4.83. The summed E-state index contributed by atoms with van der Waals surface area (Å²) < 4.78 is 3.47. The summed E-state index contributed by atoms with van der Waals surface area (Å²) in [6.45, 7) is 10.1. The number of unbranched alkanes of at least 4 members (excludes halogenated alkanes) is 1. The number of aromatic amines is 1. The molecule has 0 radical (unpaired) electrons. The average Bonchev–Trinajstić information content (AvgIpc) is 3.14. The van der Waals surface area contributed by atoms with Crippen LogP contribution in [0.2, 0.25) is 0 Å². The largest absolute Gasteiger partial charge is 0.330 e. The van der Waals surface area contributed by atoms with E-state index in [2.05, 4.69) is 38.7 Å². The van der Waals surface area contributed by atoms with Crippen molar-refractivity contribution in [3.63, 3.8) is 0 Å². The summed E-state index contributed by atoms with van der Waals surface area (Å²) in [4.78, 5) is 47.7. The molecule has 1 N–H and O–H groups in total. The zero-order valence-electron chi connectivity index (χ0n) is 20.7. The maximum absolute atomic E-state index is 13.3. The fourth-order valence-corrected chi connectivity index (χ4v) is 4.83. The maximum atomic E-state index is 13.3. The van der Waals surface area contributed by atoms with E-state index in [0.29, 0.717) is 49.5 Å². The molecule has 0 spiro atoms. The van der Waals surface area contributed by atoms with Crippen molar-refractivity contribution in [1.29, 1.82) is 0 Å². The topological polar surface area (TPSA) is 93.0 Å². The molecule has 3 heterocycles. The smallest absolute Gasteiger partial charge is 0.322 e. The molecule has 0 saturated heterocycles. The van der Waals surface area contributed by atoms with Gasteiger partial charge in [0.1, 0.15) is 5.82 Å². The summed E-state index contributed by atoms with van der Waals surface area (Å²) in [6, 6.07) is 6.26. The van der Waals surface area contributed by atoms with Crippen LogP contribution >= 0.6 is 0 Å². The first-order chi connectivity index (χ1) is 16.3. The number of carbonyl (C=O) groups is 1. The van der Waals surface area contributed by atoms with Crippen LogP contribution in [0.3, 0.4) is 0 Å². The summed E-state index contributed by atoms with van der Waals surface area (Å²) >= 11 is 0. The monoisotopic (exact) mass is 465 g/mol. The predicted octanol–water partition coefficient (Wildman–Crippen LogP) is 3.56. The lowest BCUT2D eigenvalue weighted by Crippen LogP contribution is -2.35. The van der Waals surface area contributed by atoms with E-state index >= 15 is 0 Å². The molecule has 4 rings (SSSR count). The fraction of sp³-hybridized carbons (Fsp3) is 0.538. The number of nitrogens with zero attached hydrogens (tertiary/aromatic N) is 4. The molecule has 0 bridgehead atoms. The minimum absolute atomic E-state index is 0.0604. The first kappa shape index (κ1) is 24.0. The summed E-state index contributed by atoms with van der Waals surface area (Å²) in [5.74, 6) is 1.02. The van der Waals surface area contributed by atoms with Crippen LogP contribution in [0.1, 0.15) is 63.4 Å². The van der Waals surface area contributed by atoms with Crippen molar-refractivity contribution in [1.82, 2.24) is 19.1 Å². The minimum Gasteiger partial charge on any atom is -0.322 e. The molecule has 8 nitrogen and oxygen atoms in total. The highest BCUT2D eigenvalue weighted by atomic mass is 16.2. The van der Waals surface area contributed by atoms with Crippen molar-refractivity contribution in [3.8, 4) is 0 Å². The van der Waals surface area contributed by atoms with Gasteiger partial charge >= 0.3 is 5.69 Å². The van der Waals surface area contributed by atoms with Gasteiger partial charge in [-0.1, -0.05) is 44.9 Å². The lowest BCUT2D eigenvalue weighted by molar-refractivity contribution is -0.118. The van der Waals surface area contributed by atoms with Gasteiger partial charge in [-0.15, -0.1) is 0 Å². The van der Waals surface area contributed by atoms with Crippen LogP contribution in [0, 0.1) is 12.8 Å². The first-order valence-electron chi connectivity index (χ1n) is 12.4. The van der Waals surface area contributed by atoms with Crippen molar-refractivity contribution in [2.45, 2.75) is 79.3 Å². The van der Waals surface area contributed by atoms with Gasteiger partial charge in [0, 0.05) is 38.2 Å². The van der Waals surface area contributed by atoms with Crippen LogP contribution < -0.4 is 16.1 Å². The van der Waals surface area contributed by atoms with Crippen LogP contribution in [0.4, 0.5) is 5.69 Å². The number of hydrogen-bond acceptors (Lipinski definition) is 4. The third kappa shape index (κ3) is 4.72. The van der Waals surface area contributed by atoms with Gasteiger partial charge in [0.15, 0.2) is 11.2 Å². The molecular formula is C26H35N5O3. The van der Waals surface area contributed by atoms with Crippen LogP contribution in [0.5, 0.6) is 0 Å². The average molecular weight is 466 g/mol. The number of aryl methyl sites for hydroxylation is 4. The highest BCUT2D eigenvalue weighted by Gasteiger charge is 2.24. The van der Waals surface area contributed by atoms with E-state index < -0.39 is 11.2 Å². The van der Waals surface area contributed by atoms with E-state index in [4.69, 9.17) is 4.98 Å². The van der Waals surface area contributed by atoms with Crippen molar-refractivity contribution >= 4 is 22.8 Å². The summed E-state index contributed by atoms with van der Waals surface area (Å²) in [5.41, 5.74) is 3.42. The van der Waals surface area contributed by atoms with Gasteiger partial charge in [0.25, 0.3) is 5.56 Å². The van der Waals surface area contributed by atoms with Crippen molar-refractivity contribution < 1.29 is 4.79 Å². The molecule has 1 aliphatic rings. The van der Waals surface area contributed by atoms with Gasteiger partial charge in [0.05, 0.1) is 0 Å². The molecule has 3 aromatic rings. The Kier molecular flexibility index (Phi) is 7.05. The zero-order valence-corrected chi connectivity index (χ0v) is 20.7. The Hall–Kier alpha value is -3.16. The lowest BCUT2D eigenvalue weighted by atomic mass is 9.99. The molecule has 182 valence electrons. The molecule has 0 atom stereocenters. The Bertz CT molecular complexity index is 1310. The molecule has 8 heteroatoms. The Labute approximate surface area is 199 Å². The van der Waals surface area contributed by atoms with Gasteiger partial charge in [0.2, 0.25) is 5.91 Å². The molecule has 0 aliphatic carbocycles. The van der Waals surface area contributed by atoms with Crippen LogP contribution in [-0.2, 0) is 30.7 Å². The third-order valence-electron chi connectivity index (χ3n) is 6.46. The van der Waals surface area contributed by atoms with Crippen LogP contribution in [-0.4, -0.2) is 31.6 Å². The molecule has 1 amide bonds. The lowest BCUT2D eigenvalue weighted by Gasteiger charge is -2.30. The molecule has 1 aliphatic heterocycles. The van der Waals surface area contributed by atoms with Crippen molar-refractivity contribution in [2.75, 3.05) is 11.4 Å². The number of imidazole rings is 1. The number of anilines is 1. The van der Waals surface area contributed by atoms with Gasteiger partial charge in [-0.05, 0) is 43.7 Å². The highest BCUT2D eigenvalue weighted by Crippen LogP contribution is 2.29. The Morgan fingerprint density at radius 1 is 1.21 bits per heavy atom. The summed E-state index contributed by atoms with van der Waals surface area (Å²) in [6.07, 6.45) is 4.40. The number of fused-ring (bicyclic) bond motifs is 2. The Balaban J connectivity index is 1.67. The van der Waals surface area contributed by atoms with E-state index in [1.165, 1.54) is 11.1 Å². The number of hydrogen-bond donors (Lipinski definition) is 1. The van der Waals surface area contributed by atoms with Crippen LogP contribution in [0.25, 0.3) is 11.2 Å². The zero-order chi connectivity index (χ0) is 24.4. The number of rotatable bonds is 8. The molecular weight excluding hydrogens is 430 g/mol. The quantitative estimate of drug-likeness (QED) is 0.550. The summed E-state index contributed by atoms with van der Waals surface area (Å²) in [5, 5.41) is 0. The number of benzene rings is 1. The Morgan fingerprint density at radius 2 is 2.00 bits per heavy atom. The van der Waals surface area contributed by atoms with E-state index in [9.17, 15) is 14.4 Å². The third-order valence-corrected chi connectivity index (χ3v) is 6.46. The minimum atomic E-state index is -0.428. The second-order valence-corrected chi connectivity index (χ2v) is 9.75. The maximum Gasteiger partial charge on any atom is 0.330 e.